The number of aromatic nitrogens is 1. The van der Waals surface area contributed by atoms with Crippen molar-refractivity contribution >= 4 is 28.6 Å². The van der Waals surface area contributed by atoms with Gasteiger partial charge in [-0.3, -0.25) is 4.79 Å². The molecular weight excluding hydrogens is 350 g/mol. The SMILES string of the molecule is CN1CCN(C(=O)Cc2cccc(-c3nc4cc(Cl)ccc4o3)c2)CC1. The summed E-state index contributed by atoms with van der Waals surface area (Å²) in [4.78, 5) is 21.2. The van der Waals surface area contributed by atoms with E-state index in [1.807, 2.05) is 35.2 Å². The Bertz CT molecular complexity index is 945. The third kappa shape index (κ3) is 3.59. The smallest absolute Gasteiger partial charge is 0.227 e. The minimum absolute atomic E-state index is 0.166. The van der Waals surface area contributed by atoms with Gasteiger partial charge < -0.3 is 14.2 Å². The van der Waals surface area contributed by atoms with Crippen LogP contribution in [0.25, 0.3) is 22.6 Å². The van der Waals surface area contributed by atoms with Gasteiger partial charge in [0.25, 0.3) is 0 Å². The maximum absolute atomic E-state index is 12.6. The topological polar surface area (TPSA) is 49.6 Å². The zero-order valence-corrected chi connectivity index (χ0v) is 15.4. The van der Waals surface area contributed by atoms with E-state index in [4.69, 9.17) is 16.0 Å². The van der Waals surface area contributed by atoms with Gasteiger partial charge in [0, 0.05) is 36.8 Å². The van der Waals surface area contributed by atoms with Crippen molar-refractivity contribution in [1.82, 2.24) is 14.8 Å². The molecule has 1 aliphatic rings. The molecule has 0 atom stereocenters. The minimum atomic E-state index is 0.166. The summed E-state index contributed by atoms with van der Waals surface area (Å²) in [7, 11) is 2.08. The van der Waals surface area contributed by atoms with Gasteiger partial charge in [0.15, 0.2) is 5.58 Å². The Kier molecular flexibility index (Phi) is 4.66. The van der Waals surface area contributed by atoms with E-state index in [1.165, 1.54) is 0 Å². The molecule has 4 rings (SSSR count). The monoisotopic (exact) mass is 369 g/mol. The molecule has 0 N–H and O–H groups in total. The predicted octanol–water partition coefficient (Wildman–Crippen LogP) is 3.46. The highest BCUT2D eigenvalue weighted by Gasteiger charge is 2.19. The summed E-state index contributed by atoms with van der Waals surface area (Å²) >= 11 is 6.01. The maximum Gasteiger partial charge on any atom is 0.227 e. The Balaban J connectivity index is 1.53. The van der Waals surface area contributed by atoms with Crippen molar-refractivity contribution in [2.75, 3.05) is 33.2 Å². The van der Waals surface area contributed by atoms with Gasteiger partial charge in [-0.2, -0.15) is 0 Å². The molecule has 1 saturated heterocycles. The lowest BCUT2D eigenvalue weighted by molar-refractivity contribution is -0.132. The first kappa shape index (κ1) is 17.1. The van der Waals surface area contributed by atoms with E-state index in [9.17, 15) is 4.79 Å². The van der Waals surface area contributed by atoms with Crippen LogP contribution in [0.3, 0.4) is 0 Å². The molecule has 2 aromatic carbocycles. The van der Waals surface area contributed by atoms with Crippen LogP contribution in [0.5, 0.6) is 0 Å². The number of likely N-dealkylation sites (N-methyl/N-ethyl adjacent to an activating group) is 1. The molecule has 1 amide bonds. The average molecular weight is 370 g/mol. The highest BCUT2D eigenvalue weighted by Crippen LogP contribution is 2.26. The number of carbonyl (C=O) groups excluding carboxylic acids is 1. The standard InChI is InChI=1S/C20H20ClN3O2/c1-23-7-9-24(10-8-23)19(25)12-14-3-2-4-15(11-14)20-22-17-13-16(21)5-6-18(17)26-20/h2-6,11,13H,7-10,12H2,1H3. The summed E-state index contributed by atoms with van der Waals surface area (Å²) in [6.45, 7) is 3.44. The largest absolute Gasteiger partial charge is 0.436 e. The molecule has 3 aromatic rings. The number of amides is 1. The number of rotatable bonds is 3. The summed E-state index contributed by atoms with van der Waals surface area (Å²) in [5, 5.41) is 0.629. The van der Waals surface area contributed by atoms with Crippen molar-refractivity contribution in [2.24, 2.45) is 0 Å². The number of halogens is 1. The summed E-state index contributed by atoms with van der Waals surface area (Å²) in [5.41, 5.74) is 3.25. The lowest BCUT2D eigenvalue weighted by Crippen LogP contribution is -2.47. The third-order valence-corrected chi connectivity index (χ3v) is 4.97. The van der Waals surface area contributed by atoms with Crippen molar-refractivity contribution in [3.8, 4) is 11.5 Å². The molecule has 1 aliphatic heterocycles. The second-order valence-corrected chi connectivity index (χ2v) is 7.13. The molecule has 26 heavy (non-hydrogen) atoms. The highest BCUT2D eigenvalue weighted by molar-refractivity contribution is 6.31. The number of benzene rings is 2. The van der Waals surface area contributed by atoms with E-state index in [2.05, 4.69) is 16.9 Å². The number of fused-ring (bicyclic) bond motifs is 1. The Morgan fingerprint density at radius 2 is 1.96 bits per heavy atom. The van der Waals surface area contributed by atoms with Gasteiger partial charge in [0.1, 0.15) is 5.52 Å². The van der Waals surface area contributed by atoms with Crippen molar-refractivity contribution < 1.29 is 9.21 Å². The van der Waals surface area contributed by atoms with Crippen LogP contribution in [0.4, 0.5) is 0 Å². The van der Waals surface area contributed by atoms with E-state index in [1.54, 1.807) is 12.1 Å². The quantitative estimate of drug-likeness (QED) is 0.709. The fraction of sp³-hybridized carbons (Fsp3) is 0.300. The van der Waals surface area contributed by atoms with Crippen LogP contribution in [0, 0.1) is 0 Å². The Morgan fingerprint density at radius 1 is 1.15 bits per heavy atom. The second kappa shape index (κ2) is 7.09. The summed E-state index contributed by atoms with van der Waals surface area (Å²) < 4.78 is 5.83. The fourth-order valence-corrected chi connectivity index (χ4v) is 3.35. The molecule has 0 spiro atoms. The van der Waals surface area contributed by atoms with E-state index < -0.39 is 0 Å². The number of piperazine rings is 1. The molecule has 0 bridgehead atoms. The summed E-state index contributed by atoms with van der Waals surface area (Å²) in [5.74, 6) is 0.704. The lowest BCUT2D eigenvalue weighted by atomic mass is 10.1. The average Bonchev–Trinajstić information content (AvgIpc) is 3.05. The molecule has 5 nitrogen and oxygen atoms in total. The molecule has 0 aliphatic carbocycles. The molecular formula is C20H20ClN3O2. The van der Waals surface area contributed by atoms with Crippen LogP contribution in [0.2, 0.25) is 5.02 Å². The van der Waals surface area contributed by atoms with E-state index in [0.29, 0.717) is 22.9 Å². The van der Waals surface area contributed by atoms with Crippen LogP contribution >= 0.6 is 11.6 Å². The third-order valence-electron chi connectivity index (χ3n) is 4.73. The zero-order valence-electron chi connectivity index (χ0n) is 14.6. The molecule has 0 saturated carbocycles. The van der Waals surface area contributed by atoms with E-state index in [0.717, 1.165) is 42.8 Å². The predicted molar refractivity (Wildman–Crippen MR) is 102 cm³/mol. The van der Waals surface area contributed by atoms with Crippen LogP contribution in [-0.2, 0) is 11.2 Å². The molecule has 6 heteroatoms. The van der Waals surface area contributed by atoms with Gasteiger partial charge in [-0.05, 0) is 42.9 Å². The van der Waals surface area contributed by atoms with Crippen LogP contribution in [-0.4, -0.2) is 53.9 Å². The van der Waals surface area contributed by atoms with Crippen molar-refractivity contribution in [2.45, 2.75) is 6.42 Å². The number of carbonyl (C=O) groups is 1. The molecule has 2 heterocycles. The number of oxazole rings is 1. The van der Waals surface area contributed by atoms with Gasteiger partial charge in [0.2, 0.25) is 11.8 Å². The Hall–Kier alpha value is -2.37. The normalized spacial score (nSPS) is 15.5. The van der Waals surface area contributed by atoms with Crippen LogP contribution in [0.1, 0.15) is 5.56 Å². The van der Waals surface area contributed by atoms with Gasteiger partial charge in [-0.1, -0.05) is 23.7 Å². The van der Waals surface area contributed by atoms with Gasteiger partial charge in [-0.25, -0.2) is 4.98 Å². The number of hydrogen-bond acceptors (Lipinski definition) is 4. The van der Waals surface area contributed by atoms with Gasteiger partial charge >= 0.3 is 0 Å². The highest BCUT2D eigenvalue weighted by atomic mass is 35.5. The van der Waals surface area contributed by atoms with E-state index >= 15 is 0 Å². The molecule has 0 unspecified atom stereocenters. The van der Waals surface area contributed by atoms with E-state index in [-0.39, 0.29) is 5.91 Å². The fourth-order valence-electron chi connectivity index (χ4n) is 3.18. The van der Waals surface area contributed by atoms with Crippen molar-refractivity contribution in [3.05, 3.63) is 53.1 Å². The molecule has 134 valence electrons. The Labute approximate surface area is 157 Å². The summed E-state index contributed by atoms with van der Waals surface area (Å²) in [6, 6.07) is 13.2. The number of nitrogens with zero attached hydrogens (tertiary/aromatic N) is 3. The molecule has 1 fully saturated rings. The first-order chi connectivity index (χ1) is 12.6. The van der Waals surface area contributed by atoms with Crippen molar-refractivity contribution in [1.29, 1.82) is 0 Å². The van der Waals surface area contributed by atoms with Crippen LogP contribution < -0.4 is 0 Å². The van der Waals surface area contributed by atoms with Crippen LogP contribution in [0.15, 0.2) is 46.9 Å². The summed E-state index contributed by atoms with van der Waals surface area (Å²) in [6.07, 6.45) is 0.392. The minimum Gasteiger partial charge on any atom is -0.436 e. The lowest BCUT2D eigenvalue weighted by Gasteiger charge is -2.32. The van der Waals surface area contributed by atoms with Gasteiger partial charge in [0.05, 0.1) is 6.42 Å². The maximum atomic E-state index is 12.6. The second-order valence-electron chi connectivity index (χ2n) is 6.69. The molecule has 1 aromatic heterocycles. The zero-order chi connectivity index (χ0) is 18.1. The van der Waals surface area contributed by atoms with Crippen molar-refractivity contribution in [3.63, 3.8) is 0 Å². The van der Waals surface area contributed by atoms with Gasteiger partial charge in [-0.15, -0.1) is 0 Å². The number of hydrogen-bond donors (Lipinski definition) is 0. The Morgan fingerprint density at radius 3 is 2.77 bits per heavy atom. The first-order valence-corrected chi connectivity index (χ1v) is 9.08. The first-order valence-electron chi connectivity index (χ1n) is 8.70. The molecule has 0 radical (unpaired) electrons.